The van der Waals surface area contributed by atoms with Gasteiger partial charge in [0.1, 0.15) is 6.10 Å². The van der Waals surface area contributed by atoms with Crippen LogP contribution in [0.25, 0.3) is 0 Å². The van der Waals surface area contributed by atoms with Crippen molar-refractivity contribution in [2.75, 3.05) is 0 Å². The standard InChI is InChI=1S/C12H12BrNO/c13-9-6-4-8(5-7-9)12-10-2-1-3-11(10)15-14-12/h4-7,10-11H,1-3H2/t10-,11+/m0/s1. The zero-order valence-corrected chi connectivity index (χ0v) is 9.90. The summed E-state index contributed by atoms with van der Waals surface area (Å²) in [6.07, 6.45) is 4.00. The van der Waals surface area contributed by atoms with Crippen LogP contribution in [0.2, 0.25) is 0 Å². The van der Waals surface area contributed by atoms with Gasteiger partial charge in [-0.2, -0.15) is 0 Å². The first kappa shape index (κ1) is 9.40. The molecular formula is C12H12BrNO. The van der Waals surface area contributed by atoms with Gasteiger partial charge in [-0.1, -0.05) is 33.2 Å². The molecule has 1 aliphatic carbocycles. The monoisotopic (exact) mass is 265 g/mol. The smallest absolute Gasteiger partial charge is 0.136 e. The minimum Gasteiger partial charge on any atom is -0.392 e. The van der Waals surface area contributed by atoms with Gasteiger partial charge in [-0.25, -0.2) is 0 Å². The van der Waals surface area contributed by atoms with Gasteiger partial charge in [0.05, 0.1) is 5.71 Å². The highest BCUT2D eigenvalue weighted by Crippen LogP contribution is 2.36. The van der Waals surface area contributed by atoms with Gasteiger partial charge < -0.3 is 4.84 Å². The van der Waals surface area contributed by atoms with Crippen molar-refractivity contribution in [1.29, 1.82) is 0 Å². The second-order valence-electron chi connectivity index (χ2n) is 4.16. The summed E-state index contributed by atoms with van der Waals surface area (Å²) in [5.41, 5.74) is 2.35. The lowest BCUT2D eigenvalue weighted by atomic mass is 9.95. The van der Waals surface area contributed by atoms with Gasteiger partial charge in [0.25, 0.3) is 0 Å². The third-order valence-electron chi connectivity index (χ3n) is 3.23. The van der Waals surface area contributed by atoms with Gasteiger partial charge in [-0.15, -0.1) is 0 Å². The first-order valence-corrected chi connectivity index (χ1v) is 6.13. The van der Waals surface area contributed by atoms with E-state index in [1.54, 1.807) is 0 Å². The molecule has 1 saturated carbocycles. The van der Waals surface area contributed by atoms with Gasteiger partial charge in [0, 0.05) is 10.4 Å². The quantitative estimate of drug-likeness (QED) is 0.763. The van der Waals surface area contributed by atoms with Crippen molar-refractivity contribution in [3.8, 4) is 0 Å². The Balaban J connectivity index is 1.91. The molecule has 1 aromatic rings. The van der Waals surface area contributed by atoms with E-state index in [2.05, 4.69) is 45.4 Å². The fourth-order valence-electron chi connectivity index (χ4n) is 2.44. The number of fused-ring (bicyclic) bond motifs is 1. The summed E-state index contributed by atoms with van der Waals surface area (Å²) in [6.45, 7) is 0. The maximum Gasteiger partial charge on any atom is 0.136 e. The molecule has 0 unspecified atom stereocenters. The highest BCUT2D eigenvalue weighted by atomic mass is 79.9. The topological polar surface area (TPSA) is 21.6 Å². The molecule has 1 aliphatic heterocycles. The number of oxime groups is 1. The molecule has 0 saturated heterocycles. The van der Waals surface area contributed by atoms with Crippen LogP contribution >= 0.6 is 15.9 Å². The van der Waals surface area contributed by atoms with Crippen molar-refractivity contribution in [3.05, 3.63) is 34.3 Å². The molecule has 78 valence electrons. The van der Waals surface area contributed by atoms with E-state index >= 15 is 0 Å². The van der Waals surface area contributed by atoms with Gasteiger partial charge in [-0.05, 0) is 37.0 Å². The molecule has 0 radical (unpaired) electrons. The molecule has 0 aromatic heterocycles. The van der Waals surface area contributed by atoms with Gasteiger partial charge >= 0.3 is 0 Å². The summed E-state index contributed by atoms with van der Waals surface area (Å²) in [5, 5.41) is 4.22. The van der Waals surface area contributed by atoms with Crippen molar-refractivity contribution >= 4 is 21.6 Å². The summed E-state index contributed by atoms with van der Waals surface area (Å²) in [4.78, 5) is 5.45. The Bertz CT molecular complexity index is 399. The summed E-state index contributed by atoms with van der Waals surface area (Å²) in [7, 11) is 0. The van der Waals surface area contributed by atoms with Crippen LogP contribution in [0, 0.1) is 5.92 Å². The lowest BCUT2D eigenvalue weighted by molar-refractivity contribution is 0.0746. The maximum atomic E-state index is 5.45. The molecule has 2 nitrogen and oxygen atoms in total. The Morgan fingerprint density at radius 1 is 1.20 bits per heavy atom. The van der Waals surface area contributed by atoms with Gasteiger partial charge in [0.15, 0.2) is 0 Å². The molecule has 3 rings (SSSR count). The molecule has 2 atom stereocenters. The Morgan fingerprint density at radius 3 is 2.80 bits per heavy atom. The Hall–Kier alpha value is -0.830. The number of rotatable bonds is 1. The molecule has 0 bridgehead atoms. The van der Waals surface area contributed by atoms with E-state index in [-0.39, 0.29) is 0 Å². The molecule has 0 N–H and O–H groups in total. The average Bonchev–Trinajstić information content (AvgIpc) is 2.80. The zero-order valence-electron chi connectivity index (χ0n) is 8.32. The van der Waals surface area contributed by atoms with E-state index in [0.717, 1.165) is 16.6 Å². The first-order valence-electron chi connectivity index (χ1n) is 5.34. The summed E-state index contributed by atoms with van der Waals surface area (Å²) in [6, 6.07) is 8.32. The molecule has 1 fully saturated rings. The Morgan fingerprint density at radius 2 is 2.00 bits per heavy atom. The fraction of sp³-hybridized carbons (Fsp3) is 0.417. The SMILES string of the molecule is Brc1ccc(C2=NO[C@@H]3CCC[C@H]23)cc1. The molecule has 3 heteroatoms. The van der Waals surface area contributed by atoms with E-state index in [4.69, 9.17) is 4.84 Å². The summed E-state index contributed by atoms with van der Waals surface area (Å²) in [5.74, 6) is 0.533. The second kappa shape index (κ2) is 3.63. The first-order chi connectivity index (χ1) is 7.34. The van der Waals surface area contributed by atoms with Crippen LogP contribution in [0.5, 0.6) is 0 Å². The highest BCUT2D eigenvalue weighted by Gasteiger charge is 2.38. The van der Waals surface area contributed by atoms with Crippen LogP contribution in [0.1, 0.15) is 24.8 Å². The van der Waals surface area contributed by atoms with Crippen LogP contribution in [0.15, 0.2) is 33.9 Å². The highest BCUT2D eigenvalue weighted by molar-refractivity contribution is 9.10. The third-order valence-corrected chi connectivity index (χ3v) is 3.76. The molecule has 15 heavy (non-hydrogen) atoms. The normalized spacial score (nSPS) is 28.5. The molecule has 0 spiro atoms. The Kier molecular flexibility index (Phi) is 2.28. The van der Waals surface area contributed by atoms with E-state index < -0.39 is 0 Å². The molecule has 1 heterocycles. The van der Waals surface area contributed by atoms with Gasteiger partial charge in [-0.3, -0.25) is 0 Å². The van der Waals surface area contributed by atoms with Crippen LogP contribution < -0.4 is 0 Å². The lowest BCUT2D eigenvalue weighted by Crippen LogP contribution is -2.17. The van der Waals surface area contributed by atoms with Crippen molar-refractivity contribution in [2.45, 2.75) is 25.4 Å². The molecular weight excluding hydrogens is 254 g/mol. The second-order valence-corrected chi connectivity index (χ2v) is 5.08. The molecule has 0 amide bonds. The van der Waals surface area contributed by atoms with Crippen molar-refractivity contribution in [2.24, 2.45) is 11.1 Å². The van der Waals surface area contributed by atoms with E-state index in [1.807, 2.05) is 0 Å². The van der Waals surface area contributed by atoms with E-state index in [9.17, 15) is 0 Å². The minimum atomic E-state index is 0.351. The van der Waals surface area contributed by atoms with Crippen LogP contribution in [0.3, 0.4) is 0 Å². The average molecular weight is 266 g/mol. The van der Waals surface area contributed by atoms with Crippen molar-refractivity contribution < 1.29 is 4.84 Å². The van der Waals surface area contributed by atoms with Crippen molar-refractivity contribution in [1.82, 2.24) is 0 Å². The van der Waals surface area contributed by atoms with Gasteiger partial charge in [0.2, 0.25) is 0 Å². The van der Waals surface area contributed by atoms with E-state index in [0.29, 0.717) is 12.0 Å². The predicted octanol–water partition coefficient (Wildman–Crippen LogP) is 3.35. The largest absolute Gasteiger partial charge is 0.392 e. The number of nitrogens with zero attached hydrogens (tertiary/aromatic N) is 1. The Labute approximate surface area is 97.4 Å². The number of halogens is 1. The predicted molar refractivity (Wildman–Crippen MR) is 62.9 cm³/mol. The number of hydrogen-bond acceptors (Lipinski definition) is 2. The molecule has 2 aliphatic rings. The summed E-state index contributed by atoms with van der Waals surface area (Å²) < 4.78 is 1.11. The fourth-order valence-corrected chi connectivity index (χ4v) is 2.71. The van der Waals surface area contributed by atoms with E-state index in [1.165, 1.54) is 18.4 Å². The summed E-state index contributed by atoms with van der Waals surface area (Å²) >= 11 is 3.44. The third kappa shape index (κ3) is 1.59. The van der Waals surface area contributed by atoms with Crippen LogP contribution in [-0.2, 0) is 4.84 Å². The van der Waals surface area contributed by atoms with Crippen LogP contribution in [-0.4, -0.2) is 11.8 Å². The minimum absolute atomic E-state index is 0.351. The van der Waals surface area contributed by atoms with Crippen molar-refractivity contribution in [3.63, 3.8) is 0 Å². The lowest BCUT2D eigenvalue weighted by Gasteiger charge is -2.08. The van der Waals surface area contributed by atoms with Crippen LogP contribution in [0.4, 0.5) is 0 Å². The number of hydrogen-bond donors (Lipinski definition) is 0. The maximum absolute atomic E-state index is 5.45. The number of benzene rings is 1. The zero-order chi connectivity index (χ0) is 10.3. The molecule has 1 aromatic carbocycles.